The van der Waals surface area contributed by atoms with Crippen LogP contribution in [0.1, 0.15) is 11.3 Å². The minimum Gasteiger partial charge on any atom is -0.449 e. The zero-order valence-corrected chi connectivity index (χ0v) is 15.6. The molecule has 0 saturated heterocycles. The van der Waals surface area contributed by atoms with Crippen molar-refractivity contribution in [3.63, 3.8) is 0 Å². The normalized spacial score (nSPS) is 12.6. The molecule has 1 aliphatic rings. The number of aromatic nitrogens is 1. The first-order valence-electron chi connectivity index (χ1n) is 8.39. The molecule has 0 unspecified atom stereocenters. The van der Waals surface area contributed by atoms with Crippen molar-refractivity contribution in [3.8, 4) is 11.4 Å². The van der Waals surface area contributed by atoms with Crippen molar-refractivity contribution < 1.29 is 14.3 Å². The second-order valence-corrected chi connectivity index (χ2v) is 6.65. The molecule has 0 fully saturated rings. The van der Waals surface area contributed by atoms with E-state index in [1.807, 2.05) is 65.4 Å². The number of hydrogen-bond donors (Lipinski definition) is 0. The minimum absolute atomic E-state index is 0.331. The third-order valence-electron chi connectivity index (χ3n) is 4.19. The van der Waals surface area contributed by atoms with Gasteiger partial charge < -0.3 is 18.9 Å². The maximum absolute atomic E-state index is 12.4. The fourth-order valence-electron chi connectivity index (χ4n) is 2.89. The van der Waals surface area contributed by atoms with Gasteiger partial charge in [-0.05, 0) is 24.3 Å². The standard InChI is InChI=1S/C21H17ClN2O3/c1-23(2)21(25)27-20-17-12-7-13-24(17)16-11-6-10-15(22)19(16)26-18(20)14-8-4-3-5-9-14/h3-13H,1-2H3. The summed E-state index contributed by atoms with van der Waals surface area (Å²) in [5.74, 6) is 1.26. The van der Waals surface area contributed by atoms with Gasteiger partial charge >= 0.3 is 6.09 Å². The summed E-state index contributed by atoms with van der Waals surface area (Å²) in [5, 5.41) is 0.473. The second kappa shape index (κ2) is 6.85. The van der Waals surface area contributed by atoms with Gasteiger partial charge in [0, 0.05) is 25.9 Å². The zero-order valence-electron chi connectivity index (χ0n) is 14.8. The molecule has 27 heavy (non-hydrogen) atoms. The van der Waals surface area contributed by atoms with Crippen LogP contribution in [-0.4, -0.2) is 29.7 Å². The van der Waals surface area contributed by atoms with E-state index in [0.717, 1.165) is 11.3 Å². The summed E-state index contributed by atoms with van der Waals surface area (Å²) < 4.78 is 13.9. The summed E-state index contributed by atoms with van der Waals surface area (Å²) in [6.07, 6.45) is 1.39. The van der Waals surface area contributed by atoms with Crippen molar-refractivity contribution in [2.45, 2.75) is 0 Å². The van der Waals surface area contributed by atoms with Crippen LogP contribution in [0.5, 0.6) is 5.75 Å². The average molecular weight is 381 g/mol. The Morgan fingerprint density at radius 2 is 1.81 bits per heavy atom. The van der Waals surface area contributed by atoms with E-state index in [1.54, 1.807) is 20.2 Å². The number of para-hydroxylation sites is 1. The molecular weight excluding hydrogens is 364 g/mol. The molecule has 0 aliphatic carbocycles. The third-order valence-corrected chi connectivity index (χ3v) is 4.49. The Bertz CT molecular complexity index is 1040. The van der Waals surface area contributed by atoms with Crippen LogP contribution in [0.4, 0.5) is 4.79 Å². The van der Waals surface area contributed by atoms with Crippen LogP contribution in [0.25, 0.3) is 17.2 Å². The molecule has 2 aromatic carbocycles. The van der Waals surface area contributed by atoms with Crippen LogP contribution in [0.15, 0.2) is 66.9 Å². The van der Waals surface area contributed by atoms with Crippen LogP contribution in [-0.2, 0) is 4.74 Å². The van der Waals surface area contributed by atoms with Gasteiger partial charge in [-0.3, -0.25) is 0 Å². The molecule has 6 heteroatoms. The van der Waals surface area contributed by atoms with Gasteiger partial charge in [-0.25, -0.2) is 4.79 Å². The van der Waals surface area contributed by atoms with Gasteiger partial charge in [-0.1, -0.05) is 48.0 Å². The van der Waals surface area contributed by atoms with Gasteiger partial charge in [0.1, 0.15) is 0 Å². The quantitative estimate of drug-likeness (QED) is 0.625. The van der Waals surface area contributed by atoms with E-state index in [2.05, 4.69) is 0 Å². The number of nitrogens with zero attached hydrogens (tertiary/aromatic N) is 2. The molecule has 0 radical (unpaired) electrons. The number of carbonyl (C=O) groups is 1. The molecule has 5 nitrogen and oxygen atoms in total. The fraction of sp³-hybridized carbons (Fsp3) is 0.0952. The van der Waals surface area contributed by atoms with E-state index in [0.29, 0.717) is 28.0 Å². The summed E-state index contributed by atoms with van der Waals surface area (Å²) in [7, 11) is 3.26. The third kappa shape index (κ3) is 3.06. The largest absolute Gasteiger partial charge is 0.449 e. The molecule has 0 saturated carbocycles. The summed E-state index contributed by atoms with van der Waals surface area (Å²) in [6, 6.07) is 18.8. The van der Waals surface area contributed by atoms with E-state index in [-0.39, 0.29) is 0 Å². The monoisotopic (exact) mass is 380 g/mol. The molecule has 0 bridgehead atoms. The van der Waals surface area contributed by atoms with Crippen LogP contribution in [0, 0.1) is 0 Å². The summed E-state index contributed by atoms with van der Waals surface area (Å²) in [6.45, 7) is 0. The Kier molecular flexibility index (Phi) is 4.38. The van der Waals surface area contributed by atoms with Crippen molar-refractivity contribution in [2.75, 3.05) is 14.1 Å². The predicted molar refractivity (Wildman–Crippen MR) is 105 cm³/mol. The molecule has 2 heterocycles. The summed E-state index contributed by atoms with van der Waals surface area (Å²) in [4.78, 5) is 13.7. The predicted octanol–water partition coefficient (Wildman–Crippen LogP) is 5.05. The SMILES string of the molecule is CN(C)C(=O)OC1=C(c2ccccc2)Oc2c(Cl)cccc2-n2cccc21. The van der Waals surface area contributed by atoms with E-state index in [9.17, 15) is 4.79 Å². The highest BCUT2D eigenvalue weighted by Crippen LogP contribution is 2.42. The van der Waals surface area contributed by atoms with Crippen molar-refractivity contribution in [1.82, 2.24) is 9.47 Å². The van der Waals surface area contributed by atoms with Gasteiger partial charge in [0.15, 0.2) is 17.3 Å². The van der Waals surface area contributed by atoms with Crippen LogP contribution >= 0.6 is 11.6 Å². The Hall–Kier alpha value is -3.18. The summed E-state index contributed by atoms with van der Waals surface area (Å²) >= 11 is 6.43. The Morgan fingerprint density at radius 3 is 2.56 bits per heavy atom. The average Bonchev–Trinajstić information content (AvgIpc) is 3.10. The number of rotatable bonds is 2. The lowest BCUT2D eigenvalue weighted by atomic mass is 10.1. The second-order valence-electron chi connectivity index (χ2n) is 6.24. The number of hydrogen-bond acceptors (Lipinski definition) is 3. The minimum atomic E-state index is -0.494. The Morgan fingerprint density at radius 1 is 1.04 bits per heavy atom. The molecule has 0 atom stereocenters. The summed E-state index contributed by atoms with van der Waals surface area (Å²) in [5.41, 5.74) is 2.25. The first kappa shape index (κ1) is 17.2. The van der Waals surface area contributed by atoms with Crippen LogP contribution in [0.2, 0.25) is 5.02 Å². The smallest absolute Gasteiger partial charge is 0.414 e. The first-order valence-corrected chi connectivity index (χ1v) is 8.77. The van der Waals surface area contributed by atoms with Gasteiger partial charge in [0.2, 0.25) is 0 Å². The maximum Gasteiger partial charge on any atom is 0.414 e. The highest BCUT2D eigenvalue weighted by Gasteiger charge is 2.28. The molecule has 1 amide bonds. The van der Waals surface area contributed by atoms with Crippen molar-refractivity contribution in [1.29, 1.82) is 0 Å². The van der Waals surface area contributed by atoms with E-state index in [4.69, 9.17) is 21.1 Å². The topological polar surface area (TPSA) is 43.7 Å². The van der Waals surface area contributed by atoms with Crippen LogP contribution in [0.3, 0.4) is 0 Å². The van der Waals surface area contributed by atoms with Crippen molar-refractivity contribution in [2.24, 2.45) is 0 Å². The van der Waals surface area contributed by atoms with Gasteiger partial charge in [-0.2, -0.15) is 0 Å². The number of amides is 1. The van der Waals surface area contributed by atoms with Gasteiger partial charge in [-0.15, -0.1) is 0 Å². The highest BCUT2D eigenvalue weighted by atomic mass is 35.5. The lowest BCUT2D eigenvalue weighted by Gasteiger charge is -2.16. The van der Waals surface area contributed by atoms with Gasteiger partial charge in [0.25, 0.3) is 0 Å². The number of benzene rings is 2. The fourth-order valence-corrected chi connectivity index (χ4v) is 3.09. The number of ether oxygens (including phenoxy) is 2. The number of halogens is 1. The Balaban J connectivity index is 2.00. The molecule has 1 aromatic heterocycles. The van der Waals surface area contributed by atoms with Crippen LogP contribution < -0.4 is 4.74 Å². The van der Waals surface area contributed by atoms with Crippen molar-refractivity contribution >= 4 is 29.2 Å². The number of carbonyl (C=O) groups excluding carboxylic acids is 1. The molecule has 1 aliphatic heterocycles. The first-order chi connectivity index (χ1) is 13.1. The maximum atomic E-state index is 12.4. The highest BCUT2D eigenvalue weighted by molar-refractivity contribution is 6.32. The molecule has 4 rings (SSSR count). The number of fused-ring (bicyclic) bond motifs is 3. The van der Waals surface area contributed by atoms with E-state index >= 15 is 0 Å². The Labute approximate surface area is 162 Å². The molecule has 3 aromatic rings. The zero-order chi connectivity index (χ0) is 19.0. The van der Waals surface area contributed by atoms with E-state index in [1.165, 1.54) is 4.90 Å². The van der Waals surface area contributed by atoms with Crippen molar-refractivity contribution in [3.05, 3.63) is 83.1 Å². The lowest BCUT2D eigenvalue weighted by Crippen LogP contribution is -2.23. The molecule has 0 spiro atoms. The lowest BCUT2D eigenvalue weighted by molar-refractivity contribution is 0.162. The molecule has 136 valence electrons. The van der Waals surface area contributed by atoms with E-state index < -0.39 is 6.09 Å². The molecular formula is C21H17ClN2O3. The molecule has 0 N–H and O–H groups in total. The van der Waals surface area contributed by atoms with Gasteiger partial charge in [0.05, 0.1) is 16.4 Å².